The first-order chi connectivity index (χ1) is 10.5. The van der Waals surface area contributed by atoms with Gasteiger partial charge in [-0.1, -0.05) is 15.9 Å². The summed E-state index contributed by atoms with van der Waals surface area (Å²) in [5, 5.41) is 1.79. The molecule has 0 aliphatic carbocycles. The molecule has 0 unspecified atom stereocenters. The van der Waals surface area contributed by atoms with Crippen LogP contribution in [-0.2, 0) is 16.4 Å². The SMILES string of the molecule is O=c1c2sccc2ncn1CCS(=O)(=O)c1ccc(Br)cc1. The lowest BCUT2D eigenvalue weighted by atomic mass is 10.4. The van der Waals surface area contributed by atoms with Gasteiger partial charge in [0.25, 0.3) is 5.56 Å². The number of thiophene rings is 1. The van der Waals surface area contributed by atoms with E-state index in [1.54, 1.807) is 35.7 Å². The Kier molecular flexibility index (Phi) is 4.16. The molecule has 0 saturated heterocycles. The number of benzene rings is 1. The van der Waals surface area contributed by atoms with Crippen molar-refractivity contribution in [3.05, 3.63) is 56.9 Å². The molecule has 3 aromatic rings. The molecule has 0 spiro atoms. The van der Waals surface area contributed by atoms with E-state index in [2.05, 4.69) is 20.9 Å². The van der Waals surface area contributed by atoms with Gasteiger partial charge in [0.1, 0.15) is 4.70 Å². The molecule has 22 heavy (non-hydrogen) atoms. The second-order valence-corrected chi connectivity index (χ2v) is 8.59. The Bertz CT molecular complexity index is 975. The number of aryl methyl sites for hydroxylation is 1. The lowest BCUT2D eigenvalue weighted by Gasteiger charge is -2.07. The molecule has 2 aromatic heterocycles. The summed E-state index contributed by atoms with van der Waals surface area (Å²) in [6.45, 7) is 0.0814. The summed E-state index contributed by atoms with van der Waals surface area (Å²) in [6, 6.07) is 8.22. The molecule has 3 rings (SSSR count). The van der Waals surface area contributed by atoms with Crippen LogP contribution in [0.25, 0.3) is 10.2 Å². The van der Waals surface area contributed by atoms with Gasteiger partial charge < -0.3 is 0 Å². The predicted octanol–water partition coefficient (Wildman–Crippen LogP) is 2.69. The highest BCUT2D eigenvalue weighted by Crippen LogP contribution is 2.16. The first-order valence-corrected chi connectivity index (χ1v) is 9.71. The Morgan fingerprint density at radius 3 is 2.64 bits per heavy atom. The molecule has 5 nitrogen and oxygen atoms in total. The summed E-state index contributed by atoms with van der Waals surface area (Å²) >= 11 is 4.58. The molecule has 1 aromatic carbocycles. The summed E-state index contributed by atoms with van der Waals surface area (Å²) in [5.74, 6) is -0.146. The van der Waals surface area contributed by atoms with E-state index in [4.69, 9.17) is 0 Å². The largest absolute Gasteiger partial charge is 0.297 e. The van der Waals surface area contributed by atoms with Crippen molar-refractivity contribution in [2.45, 2.75) is 11.4 Å². The normalized spacial score (nSPS) is 11.9. The maximum absolute atomic E-state index is 12.3. The number of nitrogens with zero attached hydrogens (tertiary/aromatic N) is 2. The van der Waals surface area contributed by atoms with Gasteiger partial charge in [-0.3, -0.25) is 9.36 Å². The van der Waals surface area contributed by atoms with Gasteiger partial charge in [-0.15, -0.1) is 11.3 Å². The second kappa shape index (κ2) is 5.94. The van der Waals surface area contributed by atoms with Crippen molar-refractivity contribution in [1.82, 2.24) is 9.55 Å². The number of halogens is 1. The van der Waals surface area contributed by atoms with Gasteiger partial charge in [0.2, 0.25) is 0 Å². The van der Waals surface area contributed by atoms with Crippen molar-refractivity contribution < 1.29 is 8.42 Å². The summed E-state index contributed by atoms with van der Waals surface area (Å²) in [6.07, 6.45) is 1.40. The van der Waals surface area contributed by atoms with E-state index < -0.39 is 9.84 Å². The molecule has 8 heteroatoms. The lowest BCUT2D eigenvalue weighted by Crippen LogP contribution is -2.24. The van der Waals surface area contributed by atoms with Crippen molar-refractivity contribution in [3.8, 4) is 0 Å². The number of aromatic nitrogens is 2. The molecule has 0 N–H and O–H groups in total. The van der Waals surface area contributed by atoms with Gasteiger partial charge in [-0.05, 0) is 35.7 Å². The van der Waals surface area contributed by atoms with Crippen molar-refractivity contribution >= 4 is 47.3 Å². The molecule has 0 amide bonds. The van der Waals surface area contributed by atoms with E-state index in [0.717, 1.165) is 4.47 Å². The smallest absolute Gasteiger partial charge is 0.271 e. The predicted molar refractivity (Wildman–Crippen MR) is 90.1 cm³/mol. The summed E-state index contributed by atoms with van der Waals surface area (Å²) in [4.78, 5) is 16.6. The van der Waals surface area contributed by atoms with Gasteiger partial charge in [-0.2, -0.15) is 0 Å². The minimum absolute atomic E-state index is 0.0814. The number of sulfone groups is 1. The molecule has 0 radical (unpaired) electrons. The van der Waals surface area contributed by atoms with E-state index in [-0.39, 0.29) is 22.8 Å². The van der Waals surface area contributed by atoms with Crippen molar-refractivity contribution in [3.63, 3.8) is 0 Å². The second-order valence-electron chi connectivity index (χ2n) is 4.65. The van der Waals surface area contributed by atoms with Crippen molar-refractivity contribution in [2.24, 2.45) is 0 Å². The third-order valence-electron chi connectivity index (χ3n) is 3.21. The van der Waals surface area contributed by atoms with Gasteiger partial charge in [0.05, 0.1) is 22.5 Å². The molecular weight excluding hydrogens is 388 g/mol. The van der Waals surface area contributed by atoms with Gasteiger partial charge in [-0.25, -0.2) is 13.4 Å². The van der Waals surface area contributed by atoms with E-state index in [1.807, 2.05) is 0 Å². The minimum Gasteiger partial charge on any atom is -0.297 e. The molecular formula is C14H11BrN2O3S2. The molecule has 2 heterocycles. The summed E-state index contributed by atoms with van der Waals surface area (Å²) < 4.78 is 27.3. The van der Waals surface area contributed by atoms with Crippen LogP contribution in [0.2, 0.25) is 0 Å². The Hall–Kier alpha value is -1.51. The Labute approximate surface area is 139 Å². The number of rotatable bonds is 4. The molecule has 0 aliphatic heterocycles. The van der Waals surface area contributed by atoms with Crippen molar-refractivity contribution in [1.29, 1.82) is 0 Å². The molecule has 0 aliphatic rings. The van der Waals surface area contributed by atoms with Crippen LogP contribution in [0, 0.1) is 0 Å². The highest BCUT2D eigenvalue weighted by Gasteiger charge is 2.15. The molecule has 0 atom stereocenters. The van der Waals surface area contributed by atoms with Crippen LogP contribution < -0.4 is 5.56 Å². The quantitative estimate of drug-likeness (QED) is 0.677. The Balaban J connectivity index is 1.85. The first-order valence-electron chi connectivity index (χ1n) is 6.38. The topological polar surface area (TPSA) is 69.0 Å². The number of hydrogen-bond donors (Lipinski definition) is 0. The standard InChI is InChI=1S/C14H11BrN2O3S2/c15-10-1-3-11(4-2-10)22(19,20)8-6-17-9-16-12-5-7-21-13(12)14(17)18/h1-5,7,9H,6,8H2. The van der Waals surface area contributed by atoms with Crippen LogP contribution in [0.5, 0.6) is 0 Å². The van der Waals surface area contributed by atoms with Crippen molar-refractivity contribution in [2.75, 3.05) is 5.75 Å². The molecule has 0 bridgehead atoms. The molecule has 0 saturated carbocycles. The maximum atomic E-state index is 12.3. The van der Waals surface area contributed by atoms with Gasteiger partial charge in [0, 0.05) is 11.0 Å². The van der Waals surface area contributed by atoms with Crippen LogP contribution in [0.4, 0.5) is 0 Å². The van der Waals surface area contributed by atoms with E-state index in [9.17, 15) is 13.2 Å². The van der Waals surface area contributed by atoms with Crippen LogP contribution in [0.3, 0.4) is 0 Å². The number of fused-ring (bicyclic) bond motifs is 1. The van der Waals surface area contributed by atoms with Gasteiger partial charge >= 0.3 is 0 Å². The lowest BCUT2D eigenvalue weighted by molar-refractivity contribution is 0.587. The average molecular weight is 399 g/mol. The summed E-state index contributed by atoms with van der Waals surface area (Å²) in [7, 11) is -3.44. The average Bonchev–Trinajstić information content (AvgIpc) is 2.96. The highest BCUT2D eigenvalue weighted by atomic mass is 79.9. The van der Waals surface area contributed by atoms with Crippen LogP contribution in [0.1, 0.15) is 0 Å². The Morgan fingerprint density at radius 2 is 1.91 bits per heavy atom. The van der Waals surface area contributed by atoms with Gasteiger partial charge in [0.15, 0.2) is 9.84 Å². The van der Waals surface area contributed by atoms with Crippen LogP contribution in [-0.4, -0.2) is 23.7 Å². The first kappa shape index (κ1) is 15.4. The van der Waals surface area contributed by atoms with Crippen LogP contribution in [0.15, 0.2) is 56.2 Å². The maximum Gasteiger partial charge on any atom is 0.271 e. The zero-order chi connectivity index (χ0) is 15.7. The zero-order valence-electron chi connectivity index (χ0n) is 11.3. The van der Waals surface area contributed by atoms with E-state index in [1.165, 1.54) is 22.2 Å². The molecule has 114 valence electrons. The zero-order valence-corrected chi connectivity index (χ0v) is 14.5. The highest BCUT2D eigenvalue weighted by molar-refractivity contribution is 9.10. The third kappa shape index (κ3) is 2.99. The minimum atomic E-state index is -3.44. The Morgan fingerprint density at radius 1 is 1.18 bits per heavy atom. The fraction of sp³-hybridized carbons (Fsp3) is 0.143. The fourth-order valence-electron chi connectivity index (χ4n) is 2.02. The van der Waals surface area contributed by atoms with Crippen LogP contribution >= 0.6 is 27.3 Å². The number of hydrogen-bond acceptors (Lipinski definition) is 5. The molecule has 0 fully saturated rings. The van der Waals surface area contributed by atoms with E-state index >= 15 is 0 Å². The monoisotopic (exact) mass is 398 g/mol. The fourth-order valence-corrected chi connectivity index (χ4v) is 4.30. The summed E-state index contributed by atoms with van der Waals surface area (Å²) in [5.41, 5.74) is 0.438. The third-order valence-corrected chi connectivity index (χ3v) is 6.34. The van der Waals surface area contributed by atoms with E-state index in [0.29, 0.717) is 10.2 Å².